The Morgan fingerprint density at radius 3 is 2.88 bits per heavy atom. The topological polar surface area (TPSA) is 24.5 Å². The van der Waals surface area contributed by atoms with Crippen molar-refractivity contribution in [3.05, 3.63) is 29.8 Å². The van der Waals surface area contributed by atoms with Gasteiger partial charge in [-0.05, 0) is 24.6 Å². The van der Waals surface area contributed by atoms with E-state index < -0.39 is 0 Å². The molecule has 0 saturated carbocycles. The average molecular weight is 220 g/mol. The zero-order valence-corrected chi connectivity index (χ0v) is 9.91. The van der Waals surface area contributed by atoms with E-state index >= 15 is 0 Å². The van der Waals surface area contributed by atoms with E-state index in [9.17, 15) is 0 Å². The largest absolute Gasteiger partial charge is 0.385 e. The van der Waals surface area contributed by atoms with E-state index in [0.717, 1.165) is 39.4 Å². The van der Waals surface area contributed by atoms with Gasteiger partial charge < -0.3 is 10.1 Å². The maximum Gasteiger partial charge on any atom is 0.0594 e. The van der Waals surface area contributed by atoms with E-state index in [4.69, 9.17) is 4.74 Å². The molecule has 2 rings (SSSR count). The molecular formula is C13H20N2O. The summed E-state index contributed by atoms with van der Waals surface area (Å²) in [6.07, 6.45) is 0. The third-order valence-electron chi connectivity index (χ3n) is 2.82. The summed E-state index contributed by atoms with van der Waals surface area (Å²) in [5, 5.41) is 3.34. The highest BCUT2D eigenvalue weighted by Gasteiger charge is 2.10. The van der Waals surface area contributed by atoms with Crippen LogP contribution in [0.15, 0.2) is 24.3 Å². The molecule has 0 radical (unpaired) electrons. The molecule has 1 aromatic rings. The fourth-order valence-electron chi connectivity index (χ4n) is 2.00. The standard InChI is InChI=1S/C13H20N2O/c1-2-14-13-5-3-4-12(10-13)11-15-6-8-16-9-7-15/h3-5,10,14H,2,6-9,11H2,1H3. The molecule has 1 aliphatic heterocycles. The van der Waals surface area contributed by atoms with Gasteiger partial charge in [-0.15, -0.1) is 0 Å². The third-order valence-corrected chi connectivity index (χ3v) is 2.82. The summed E-state index contributed by atoms with van der Waals surface area (Å²) in [4.78, 5) is 2.44. The molecule has 16 heavy (non-hydrogen) atoms. The Kier molecular flexibility index (Phi) is 4.19. The minimum absolute atomic E-state index is 0.868. The van der Waals surface area contributed by atoms with E-state index in [2.05, 4.69) is 41.4 Å². The molecule has 1 aromatic carbocycles. The number of anilines is 1. The highest BCUT2D eigenvalue weighted by Crippen LogP contribution is 2.13. The van der Waals surface area contributed by atoms with E-state index in [1.165, 1.54) is 11.3 Å². The van der Waals surface area contributed by atoms with Gasteiger partial charge in [-0.25, -0.2) is 0 Å². The van der Waals surface area contributed by atoms with Gasteiger partial charge in [0.1, 0.15) is 0 Å². The van der Waals surface area contributed by atoms with E-state index in [0.29, 0.717) is 0 Å². The Bertz CT molecular complexity index is 321. The Morgan fingerprint density at radius 1 is 1.31 bits per heavy atom. The summed E-state index contributed by atoms with van der Waals surface area (Å²) in [5.74, 6) is 0. The maximum atomic E-state index is 5.35. The highest BCUT2D eigenvalue weighted by atomic mass is 16.5. The van der Waals surface area contributed by atoms with Crippen LogP contribution >= 0.6 is 0 Å². The van der Waals surface area contributed by atoms with Crippen LogP contribution in [0.25, 0.3) is 0 Å². The highest BCUT2D eigenvalue weighted by molar-refractivity contribution is 5.45. The first-order valence-corrected chi connectivity index (χ1v) is 6.01. The number of ether oxygens (including phenoxy) is 1. The van der Waals surface area contributed by atoms with Crippen molar-refractivity contribution in [3.8, 4) is 0 Å². The molecule has 88 valence electrons. The number of benzene rings is 1. The Labute approximate surface area is 97.4 Å². The van der Waals surface area contributed by atoms with Crippen molar-refractivity contribution in [2.45, 2.75) is 13.5 Å². The number of morpholine rings is 1. The lowest BCUT2D eigenvalue weighted by Crippen LogP contribution is -2.35. The van der Waals surface area contributed by atoms with Crippen LogP contribution in [-0.4, -0.2) is 37.7 Å². The second-order valence-electron chi connectivity index (χ2n) is 4.12. The predicted octanol–water partition coefficient (Wildman–Crippen LogP) is 1.95. The Hall–Kier alpha value is -1.06. The second-order valence-corrected chi connectivity index (χ2v) is 4.12. The van der Waals surface area contributed by atoms with Crippen LogP contribution in [-0.2, 0) is 11.3 Å². The first kappa shape index (κ1) is 11.4. The molecule has 0 amide bonds. The zero-order chi connectivity index (χ0) is 11.2. The fraction of sp³-hybridized carbons (Fsp3) is 0.538. The van der Waals surface area contributed by atoms with Crippen molar-refractivity contribution in [2.24, 2.45) is 0 Å². The molecule has 1 fully saturated rings. The summed E-state index contributed by atoms with van der Waals surface area (Å²) in [6, 6.07) is 8.66. The minimum atomic E-state index is 0.868. The number of nitrogens with one attached hydrogen (secondary N) is 1. The third kappa shape index (κ3) is 3.22. The molecule has 0 unspecified atom stereocenters. The van der Waals surface area contributed by atoms with Crippen molar-refractivity contribution in [2.75, 3.05) is 38.2 Å². The van der Waals surface area contributed by atoms with Gasteiger partial charge in [0.2, 0.25) is 0 Å². The number of rotatable bonds is 4. The van der Waals surface area contributed by atoms with Crippen LogP contribution in [0.4, 0.5) is 5.69 Å². The van der Waals surface area contributed by atoms with Crippen molar-refractivity contribution >= 4 is 5.69 Å². The van der Waals surface area contributed by atoms with E-state index in [-0.39, 0.29) is 0 Å². The molecule has 0 aromatic heterocycles. The fourth-order valence-corrected chi connectivity index (χ4v) is 2.00. The molecule has 1 N–H and O–H groups in total. The van der Waals surface area contributed by atoms with Gasteiger partial charge in [0.25, 0.3) is 0 Å². The van der Waals surface area contributed by atoms with Gasteiger partial charge in [0.05, 0.1) is 13.2 Å². The smallest absolute Gasteiger partial charge is 0.0594 e. The van der Waals surface area contributed by atoms with Crippen LogP contribution in [0.1, 0.15) is 12.5 Å². The molecule has 1 aliphatic rings. The summed E-state index contributed by atoms with van der Waals surface area (Å²) in [7, 11) is 0. The van der Waals surface area contributed by atoms with Gasteiger partial charge in [-0.2, -0.15) is 0 Å². The Morgan fingerprint density at radius 2 is 2.12 bits per heavy atom. The summed E-state index contributed by atoms with van der Waals surface area (Å²) in [5.41, 5.74) is 2.59. The normalized spacial score (nSPS) is 17.3. The van der Waals surface area contributed by atoms with Crippen molar-refractivity contribution in [1.29, 1.82) is 0 Å². The first-order valence-electron chi connectivity index (χ1n) is 6.01. The van der Waals surface area contributed by atoms with Crippen LogP contribution in [0.3, 0.4) is 0 Å². The van der Waals surface area contributed by atoms with E-state index in [1.54, 1.807) is 0 Å². The summed E-state index contributed by atoms with van der Waals surface area (Å²) < 4.78 is 5.35. The maximum absolute atomic E-state index is 5.35. The minimum Gasteiger partial charge on any atom is -0.385 e. The molecule has 1 saturated heterocycles. The molecule has 0 bridgehead atoms. The molecule has 0 atom stereocenters. The lowest BCUT2D eigenvalue weighted by Gasteiger charge is -2.26. The lowest BCUT2D eigenvalue weighted by atomic mass is 10.2. The van der Waals surface area contributed by atoms with Crippen LogP contribution in [0.5, 0.6) is 0 Å². The molecule has 3 nitrogen and oxygen atoms in total. The van der Waals surface area contributed by atoms with Crippen LogP contribution < -0.4 is 5.32 Å². The van der Waals surface area contributed by atoms with E-state index in [1.807, 2.05) is 0 Å². The van der Waals surface area contributed by atoms with Crippen LogP contribution in [0.2, 0.25) is 0 Å². The molecule has 0 spiro atoms. The SMILES string of the molecule is CCNc1cccc(CN2CCOCC2)c1. The zero-order valence-electron chi connectivity index (χ0n) is 9.91. The van der Waals surface area contributed by atoms with Crippen molar-refractivity contribution < 1.29 is 4.74 Å². The Balaban J connectivity index is 1.94. The number of nitrogens with zero attached hydrogens (tertiary/aromatic N) is 1. The summed E-state index contributed by atoms with van der Waals surface area (Å²) >= 11 is 0. The average Bonchev–Trinajstić information content (AvgIpc) is 2.31. The quantitative estimate of drug-likeness (QED) is 0.839. The predicted molar refractivity (Wildman–Crippen MR) is 66.7 cm³/mol. The first-order chi connectivity index (χ1) is 7.88. The molecule has 0 aliphatic carbocycles. The molecule has 3 heteroatoms. The second kappa shape index (κ2) is 5.87. The lowest BCUT2D eigenvalue weighted by molar-refractivity contribution is 0.0342. The van der Waals surface area contributed by atoms with Crippen LogP contribution in [0, 0.1) is 0 Å². The van der Waals surface area contributed by atoms with Crippen molar-refractivity contribution in [3.63, 3.8) is 0 Å². The van der Waals surface area contributed by atoms with Gasteiger partial charge in [-0.3, -0.25) is 4.90 Å². The van der Waals surface area contributed by atoms with Gasteiger partial charge >= 0.3 is 0 Å². The number of hydrogen-bond acceptors (Lipinski definition) is 3. The molecule has 1 heterocycles. The van der Waals surface area contributed by atoms with Gasteiger partial charge in [-0.1, -0.05) is 12.1 Å². The van der Waals surface area contributed by atoms with Gasteiger partial charge in [0, 0.05) is 31.9 Å². The van der Waals surface area contributed by atoms with Gasteiger partial charge in [0.15, 0.2) is 0 Å². The number of hydrogen-bond donors (Lipinski definition) is 1. The monoisotopic (exact) mass is 220 g/mol. The van der Waals surface area contributed by atoms with Crippen molar-refractivity contribution in [1.82, 2.24) is 4.90 Å². The summed E-state index contributed by atoms with van der Waals surface area (Å²) in [6.45, 7) is 7.95. The molecular weight excluding hydrogens is 200 g/mol.